The first-order chi connectivity index (χ1) is 14.9. The summed E-state index contributed by atoms with van der Waals surface area (Å²) in [6.07, 6.45) is 0. The average Bonchev–Trinajstić information content (AvgIpc) is 3.04. The fraction of sp³-hybridized carbons (Fsp3) is 0.320. The number of benzene rings is 2. The molecule has 1 atom stereocenters. The molecule has 2 aromatic carbocycles. The zero-order valence-electron chi connectivity index (χ0n) is 18.2. The molecule has 162 valence electrons. The number of halogens is 1. The zero-order chi connectivity index (χ0) is 22.0. The Kier molecular flexibility index (Phi) is 6.51. The van der Waals surface area contributed by atoms with Gasteiger partial charge in [0.25, 0.3) is 5.91 Å². The molecule has 4 rings (SSSR count). The zero-order valence-corrected chi connectivity index (χ0v) is 19.0. The largest absolute Gasteiger partial charge is 0.313 e. The van der Waals surface area contributed by atoms with Gasteiger partial charge in [0, 0.05) is 42.2 Å². The van der Waals surface area contributed by atoms with Gasteiger partial charge in [-0.15, -0.1) is 11.3 Å². The van der Waals surface area contributed by atoms with Crippen molar-refractivity contribution in [1.29, 1.82) is 0 Å². The van der Waals surface area contributed by atoms with Crippen molar-refractivity contribution >= 4 is 22.2 Å². The predicted octanol–water partition coefficient (Wildman–Crippen LogP) is 5.09. The minimum absolute atomic E-state index is 0.111. The van der Waals surface area contributed by atoms with E-state index in [-0.39, 0.29) is 17.8 Å². The molecule has 0 saturated carbocycles. The molecular weight excluding hydrogens is 409 g/mol. The highest BCUT2D eigenvalue weighted by molar-refractivity contribution is 7.16. The van der Waals surface area contributed by atoms with Crippen molar-refractivity contribution in [3.63, 3.8) is 0 Å². The smallest absolute Gasteiger partial charge is 0.256 e. The molecule has 4 nitrogen and oxygen atoms in total. The van der Waals surface area contributed by atoms with Crippen molar-refractivity contribution in [2.45, 2.75) is 19.9 Å². The second-order valence-corrected chi connectivity index (χ2v) is 9.37. The number of piperazine rings is 1. The van der Waals surface area contributed by atoms with E-state index in [0.29, 0.717) is 5.56 Å². The molecule has 0 aliphatic carbocycles. The minimum Gasteiger partial charge on any atom is -0.313 e. The standard InChI is InChI=1S/C25H28FN3OS/c1-17-18(2)31-25(27-24(30)19-8-5-4-6-9-19)22(17)23(20-10-7-11-21(26)16-20)29-14-12-28(3)13-15-29/h4-11,16,23H,12-15H2,1-3H3,(H,27,30)/t23-/m1/s1. The van der Waals surface area contributed by atoms with E-state index in [1.165, 1.54) is 6.07 Å². The van der Waals surface area contributed by atoms with Gasteiger partial charge in [0.2, 0.25) is 0 Å². The molecule has 1 N–H and O–H groups in total. The molecule has 3 aromatic rings. The lowest BCUT2D eigenvalue weighted by atomic mass is 9.94. The Morgan fingerprint density at radius 3 is 2.42 bits per heavy atom. The van der Waals surface area contributed by atoms with Crippen LogP contribution in [0.25, 0.3) is 0 Å². The number of amides is 1. The lowest BCUT2D eigenvalue weighted by Crippen LogP contribution is -2.46. The SMILES string of the molecule is Cc1sc(NC(=O)c2ccccc2)c([C@@H](c2cccc(F)c2)N2CCN(C)CC2)c1C. The number of aryl methyl sites for hydroxylation is 1. The quantitative estimate of drug-likeness (QED) is 0.604. The third-order valence-electron chi connectivity index (χ3n) is 6.04. The molecule has 6 heteroatoms. The van der Waals surface area contributed by atoms with Crippen LogP contribution in [0.1, 0.15) is 38.0 Å². The predicted molar refractivity (Wildman–Crippen MR) is 126 cm³/mol. The summed E-state index contributed by atoms with van der Waals surface area (Å²) >= 11 is 1.59. The highest BCUT2D eigenvalue weighted by Crippen LogP contribution is 2.42. The molecule has 0 radical (unpaired) electrons. The molecule has 1 fully saturated rings. The molecule has 1 aliphatic rings. The van der Waals surface area contributed by atoms with Crippen molar-refractivity contribution in [2.24, 2.45) is 0 Å². The summed E-state index contributed by atoms with van der Waals surface area (Å²) in [5, 5.41) is 3.99. The fourth-order valence-corrected chi connectivity index (χ4v) is 5.24. The van der Waals surface area contributed by atoms with Crippen LogP contribution >= 0.6 is 11.3 Å². The van der Waals surface area contributed by atoms with Gasteiger partial charge in [0.05, 0.1) is 6.04 Å². The Labute approximate surface area is 187 Å². The summed E-state index contributed by atoms with van der Waals surface area (Å²) in [5.74, 6) is -0.365. The van der Waals surface area contributed by atoms with E-state index in [1.54, 1.807) is 23.5 Å². The molecular formula is C25H28FN3OS. The van der Waals surface area contributed by atoms with Gasteiger partial charge in [0.1, 0.15) is 10.8 Å². The summed E-state index contributed by atoms with van der Waals surface area (Å²) in [7, 11) is 2.13. The fourth-order valence-electron chi connectivity index (χ4n) is 4.15. The van der Waals surface area contributed by atoms with Gasteiger partial charge in [0.15, 0.2) is 0 Å². The van der Waals surface area contributed by atoms with Crippen molar-refractivity contribution in [2.75, 3.05) is 38.5 Å². The number of rotatable bonds is 5. The first-order valence-corrected chi connectivity index (χ1v) is 11.4. The van der Waals surface area contributed by atoms with Gasteiger partial charge in [-0.25, -0.2) is 4.39 Å². The van der Waals surface area contributed by atoms with E-state index in [4.69, 9.17) is 0 Å². The van der Waals surface area contributed by atoms with E-state index in [9.17, 15) is 9.18 Å². The maximum atomic E-state index is 14.2. The topological polar surface area (TPSA) is 35.6 Å². The van der Waals surface area contributed by atoms with Crippen LogP contribution in [0, 0.1) is 19.7 Å². The molecule has 1 aliphatic heterocycles. The van der Waals surface area contributed by atoms with Crippen LogP contribution in [0.2, 0.25) is 0 Å². The third-order valence-corrected chi connectivity index (χ3v) is 7.17. The van der Waals surface area contributed by atoms with Crippen molar-refractivity contribution in [3.05, 3.63) is 87.5 Å². The molecule has 0 bridgehead atoms. The Bertz CT molecular complexity index is 1060. The van der Waals surface area contributed by atoms with Crippen LogP contribution in [-0.2, 0) is 0 Å². The molecule has 0 unspecified atom stereocenters. The first-order valence-electron chi connectivity index (χ1n) is 10.6. The number of carbonyl (C=O) groups excluding carboxylic acids is 1. The molecule has 1 amide bonds. The van der Waals surface area contributed by atoms with Crippen LogP contribution < -0.4 is 5.32 Å². The monoisotopic (exact) mass is 437 g/mol. The summed E-state index contributed by atoms with van der Waals surface area (Å²) in [4.78, 5) is 18.8. The van der Waals surface area contributed by atoms with E-state index < -0.39 is 0 Å². The van der Waals surface area contributed by atoms with Crippen LogP contribution in [0.5, 0.6) is 0 Å². The van der Waals surface area contributed by atoms with Crippen LogP contribution in [0.3, 0.4) is 0 Å². The maximum absolute atomic E-state index is 14.2. The van der Waals surface area contributed by atoms with E-state index in [2.05, 4.69) is 36.0 Å². The number of nitrogens with one attached hydrogen (secondary N) is 1. The summed E-state index contributed by atoms with van der Waals surface area (Å²) in [6.45, 7) is 7.87. The van der Waals surface area contributed by atoms with E-state index in [1.807, 2.05) is 36.4 Å². The van der Waals surface area contributed by atoms with Crippen molar-refractivity contribution in [3.8, 4) is 0 Å². The number of hydrogen-bond acceptors (Lipinski definition) is 4. The summed E-state index contributed by atoms with van der Waals surface area (Å²) in [6, 6.07) is 16.0. The summed E-state index contributed by atoms with van der Waals surface area (Å²) in [5.41, 5.74) is 3.77. The molecule has 0 spiro atoms. The van der Waals surface area contributed by atoms with Gasteiger partial charge in [-0.3, -0.25) is 9.69 Å². The lowest BCUT2D eigenvalue weighted by molar-refractivity contribution is 0.102. The van der Waals surface area contributed by atoms with Gasteiger partial charge >= 0.3 is 0 Å². The van der Waals surface area contributed by atoms with Crippen molar-refractivity contribution in [1.82, 2.24) is 9.80 Å². The maximum Gasteiger partial charge on any atom is 0.256 e. The summed E-state index contributed by atoms with van der Waals surface area (Å²) < 4.78 is 14.2. The molecule has 1 aromatic heterocycles. The van der Waals surface area contributed by atoms with Crippen LogP contribution in [-0.4, -0.2) is 48.9 Å². The normalized spacial score (nSPS) is 16.3. The Balaban J connectivity index is 1.76. The third kappa shape index (κ3) is 4.71. The number of likely N-dealkylation sites (N-methyl/N-ethyl adjacent to an activating group) is 1. The second-order valence-electron chi connectivity index (χ2n) is 8.14. The number of hydrogen-bond donors (Lipinski definition) is 1. The molecule has 1 saturated heterocycles. The number of anilines is 1. The van der Waals surface area contributed by atoms with E-state index in [0.717, 1.165) is 52.7 Å². The van der Waals surface area contributed by atoms with Crippen molar-refractivity contribution < 1.29 is 9.18 Å². The second kappa shape index (κ2) is 9.30. The highest BCUT2D eigenvalue weighted by Gasteiger charge is 2.31. The van der Waals surface area contributed by atoms with Crippen LogP contribution in [0.4, 0.5) is 9.39 Å². The first kappa shape index (κ1) is 21.7. The Hall–Kier alpha value is -2.54. The molecule has 2 heterocycles. The molecule has 31 heavy (non-hydrogen) atoms. The average molecular weight is 438 g/mol. The van der Waals surface area contributed by atoms with Gasteiger partial charge in [-0.05, 0) is 56.3 Å². The number of thiophene rings is 1. The minimum atomic E-state index is -0.240. The van der Waals surface area contributed by atoms with E-state index >= 15 is 0 Å². The van der Waals surface area contributed by atoms with Crippen LogP contribution in [0.15, 0.2) is 54.6 Å². The Morgan fingerprint density at radius 1 is 1.03 bits per heavy atom. The highest BCUT2D eigenvalue weighted by atomic mass is 32.1. The number of nitrogens with zero attached hydrogens (tertiary/aromatic N) is 2. The Morgan fingerprint density at radius 2 is 1.74 bits per heavy atom. The number of carbonyl (C=O) groups is 1. The van der Waals surface area contributed by atoms with Gasteiger partial charge in [-0.1, -0.05) is 30.3 Å². The van der Waals surface area contributed by atoms with Gasteiger partial charge in [-0.2, -0.15) is 0 Å². The lowest BCUT2D eigenvalue weighted by Gasteiger charge is -2.39. The van der Waals surface area contributed by atoms with Gasteiger partial charge < -0.3 is 10.2 Å².